The number of aryl methyl sites for hydroxylation is 1. The van der Waals surface area contributed by atoms with E-state index in [1.165, 1.54) is 41.3 Å². The maximum atomic E-state index is 13.6. The molecule has 264 valence electrons. The van der Waals surface area contributed by atoms with Gasteiger partial charge in [0.25, 0.3) is 0 Å². The lowest BCUT2D eigenvalue weighted by Gasteiger charge is -2.28. The number of esters is 1. The van der Waals surface area contributed by atoms with Crippen LogP contribution in [0.3, 0.4) is 0 Å². The number of benzene rings is 3. The van der Waals surface area contributed by atoms with Crippen molar-refractivity contribution in [1.82, 2.24) is 24.4 Å². The molecule has 0 radical (unpaired) electrons. The van der Waals surface area contributed by atoms with Crippen LogP contribution in [0.4, 0.5) is 20.7 Å². The summed E-state index contributed by atoms with van der Waals surface area (Å²) in [5.41, 5.74) is 9.40. The van der Waals surface area contributed by atoms with Gasteiger partial charge in [-0.05, 0) is 53.8 Å². The highest BCUT2D eigenvalue weighted by Crippen LogP contribution is 2.30. The summed E-state index contributed by atoms with van der Waals surface area (Å²) in [5, 5.41) is 13.9. The Labute approximate surface area is 292 Å². The standard InChI is InChI=1S/C36H36FN7O7/c1-43(36(48)50-18-24-9-14-26(15-10-24)42-29(45)17-23-7-12-25(37)13-8-23)27(16-11-22-5-3-2-4-6-22)35(47)51-28-19-49-34(31(28)46)44-21-41-30-32(38)39-20-40-33(30)44/h2-10,12-15,20-21,27-28,31,34,46H,11,16-19H2,1H3,(H,42,45)(H2,38,39,40)/t27-,28?,31?,34?/m0/s1. The summed E-state index contributed by atoms with van der Waals surface area (Å²) in [6, 6.07) is 20.9. The molecule has 2 aromatic heterocycles. The number of carbonyl (C=O) groups excluding carboxylic acids is 3. The zero-order chi connectivity index (χ0) is 35.9. The fraction of sp³-hybridized carbons (Fsp3) is 0.278. The highest BCUT2D eigenvalue weighted by atomic mass is 19.1. The number of carbonyl (C=O) groups is 3. The lowest BCUT2D eigenvalue weighted by atomic mass is 10.0. The van der Waals surface area contributed by atoms with Gasteiger partial charge < -0.3 is 30.4 Å². The van der Waals surface area contributed by atoms with Gasteiger partial charge in [-0.2, -0.15) is 0 Å². The number of nitrogens with zero attached hydrogens (tertiary/aromatic N) is 5. The second-order valence-corrected chi connectivity index (χ2v) is 12.0. The van der Waals surface area contributed by atoms with E-state index in [1.54, 1.807) is 36.4 Å². The Kier molecular flexibility index (Phi) is 10.8. The monoisotopic (exact) mass is 697 g/mol. The Morgan fingerprint density at radius 3 is 2.49 bits per heavy atom. The number of likely N-dealkylation sites (N-methyl/N-ethyl adjacent to an activating group) is 1. The van der Waals surface area contributed by atoms with E-state index >= 15 is 0 Å². The van der Waals surface area contributed by atoms with Gasteiger partial charge in [0.05, 0.1) is 19.4 Å². The first kappa shape index (κ1) is 34.9. The number of amides is 2. The molecule has 51 heavy (non-hydrogen) atoms. The van der Waals surface area contributed by atoms with Crippen molar-refractivity contribution in [3.8, 4) is 0 Å². The van der Waals surface area contributed by atoms with Gasteiger partial charge in [-0.3, -0.25) is 14.3 Å². The summed E-state index contributed by atoms with van der Waals surface area (Å²) in [5.74, 6) is -1.20. The summed E-state index contributed by atoms with van der Waals surface area (Å²) in [6.07, 6.45) is -0.582. The minimum absolute atomic E-state index is 0.0832. The minimum atomic E-state index is -1.27. The fourth-order valence-corrected chi connectivity index (χ4v) is 5.68. The number of halogens is 1. The van der Waals surface area contributed by atoms with E-state index in [0.717, 1.165) is 5.56 Å². The number of nitrogen functional groups attached to an aromatic ring is 1. The van der Waals surface area contributed by atoms with Gasteiger partial charge in [-0.25, -0.2) is 28.9 Å². The first-order chi connectivity index (χ1) is 24.7. The zero-order valence-corrected chi connectivity index (χ0v) is 27.6. The number of aromatic nitrogens is 4. The molecule has 1 fully saturated rings. The van der Waals surface area contributed by atoms with Crippen LogP contribution < -0.4 is 11.1 Å². The van der Waals surface area contributed by atoms with E-state index in [0.29, 0.717) is 34.4 Å². The normalized spacial score (nSPS) is 17.5. The average molecular weight is 698 g/mol. The van der Waals surface area contributed by atoms with Gasteiger partial charge in [-0.15, -0.1) is 0 Å². The highest BCUT2D eigenvalue weighted by molar-refractivity contribution is 5.92. The van der Waals surface area contributed by atoms with Crippen LogP contribution in [0.5, 0.6) is 0 Å². The van der Waals surface area contributed by atoms with Gasteiger partial charge in [0.2, 0.25) is 5.91 Å². The number of nitrogens with two attached hydrogens (primary N) is 1. The van der Waals surface area contributed by atoms with Gasteiger partial charge in [0.1, 0.15) is 36.4 Å². The van der Waals surface area contributed by atoms with Crippen LogP contribution >= 0.6 is 0 Å². The number of fused-ring (bicyclic) bond motifs is 1. The van der Waals surface area contributed by atoms with Crippen LogP contribution in [0.1, 0.15) is 29.3 Å². The number of aliphatic hydroxyl groups is 1. The first-order valence-corrected chi connectivity index (χ1v) is 16.2. The summed E-state index contributed by atoms with van der Waals surface area (Å²) in [4.78, 5) is 52.8. The van der Waals surface area contributed by atoms with Crippen LogP contribution in [0, 0.1) is 5.82 Å². The predicted molar refractivity (Wildman–Crippen MR) is 182 cm³/mol. The maximum Gasteiger partial charge on any atom is 0.410 e. The Balaban J connectivity index is 1.06. The van der Waals surface area contributed by atoms with Gasteiger partial charge in [0, 0.05) is 12.7 Å². The van der Waals surface area contributed by atoms with Crippen LogP contribution in [0.15, 0.2) is 91.5 Å². The lowest BCUT2D eigenvalue weighted by molar-refractivity contribution is -0.158. The molecule has 4 N–H and O–H groups in total. The molecule has 1 aliphatic heterocycles. The fourth-order valence-electron chi connectivity index (χ4n) is 5.68. The summed E-state index contributed by atoms with van der Waals surface area (Å²) in [6.45, 7) is -0.211. The van der Waals surface area contributed by atoms with E-state index in [-0.39, 0.29) is 43.6 Å². The summed E-state index contributed by atoms with van der Waals surface area (Å²) in [7, 11) is 1.45. The van der Waals surface area contributed by atoms with Gasteiger partial charge in [-0.1, -0.05) is 54.6 Å². The van der Waals surface area contributed by atoms with Crippen molar-refractivity contribution in [2.45, 2.75) is 50.3 Å². The number of rotatable bonds is 12. The Hall–Kier alpha value is -5.93. The van der Waals surface area contributed by atoms with E-state index in [4.69, 9.17) is 19.9 Å². The molecule has 5 aromatic rings. The quantitative estimate of drug-likeness (QED) is 0.161. The lowest BCUT2D eigenvalue weighted by Crippen LogP contribution is -2.46. The first-order valence-electron chi connectivity index (χ1n) is 16.2. The van der Waals surface area contributed by atoms with Crippen LogP contribution in [-0.4, -0.2) is 79.4 Å². The number of ether oxygens (including phenoxy) is 3. The molecule has 15 heteroatoms. The van der Waals surface area contributed by atoms with Crippen LogP contribution in [0.25, 0.3) is 11.2 Å². The van der Waals surface area contributed by atoms with E-state index in [2.05, 4.69) is 20.3 Å². The third-order valence-corrected chi connectivity index (χ3v) is 8.49. The molecule has 0 saturated carbocycles. The number of anilines is 2. The van der Waals surface area contributed by atoms with Gasteiger partial charge >= 0.3 is 12.1 Å². The third-order valence-electron chi connectivity index (χ3n) is 8.49. The number of aliphatic hydroxyl groups excluding tert-OH is 1. The van der Waals surface area contributed by atoms with Gasteiger partial charge in [0.15, 0.2) is 23.8 Å². The Morgan fingerprint density at radius 1 is 1.02 bits per heavy atom. The maximum absolute atomic E-state index is 13.6. The smallest absolute Gasteiger partial charge is 0.410 e. The third kappa shape index (κ3) is 8.45. The largest absolute Gasteiger partial charge is 0.455 e. The van der Waals surface area contributed by atoms with Crippen molar-refractivity contribution in [2.75, 3.05) is 24.7 Å². The van der Waals surface area contributed by atoms with E-state index < -0.39 is 36.5 Å². The molecule has 0 aliphatic carbocycles. The second-order valence-electron chi connectivity index (χ2n) is 12.0. The highest BCUT2D eigenvalue weighted by Gasteiger charge is 2.42. The van der Waals surface area contributed by atoms with Crippen molar-refractivity contribution >= 4 is 40.6 Å². The SMILES string of the molecule is CN(C(=O)OCc1ccc(NC(=O)Cc2ccc(F)cc2)cc1)[C@@H](CCc1ccccc1)C(=O)OC1COC(n2cnc3c(N)ncnc32)C1O. The molecule has 0 bridgehead atoms. The number of nitrogens with one attached hydrogen (secondary N) is 1. The second kappa shape index (κ2) is 15.7. The summed E-state index contributed by atoms with van der Waals surface area (Å²) < 4.78 is 31.7. The van der Waals surface area contributed by atoms with Crippen LogP contribution in [-0.2, 0) is 43.2 Å². The molecule has 1 aliphatic rings. The molecular weight excluding hydrogens is 661 g/mol. The molecule has 3 heterocycles. The molecule has 6 rings (SSSR count). The van der Waals surface area contributed by atoms with Crippen molar-refractivity contribution in [3.05, 3.63) is 114 Å². The number of hydrogen-bond donors (Lipinski definition) is 3. The van der Waals surface area contributed by atoms with Crippen molar-refractivity contribution in [3.63, 3.8) is 0 Å². The Bertz CT molecular complexity index is 1980. The van der Waals surface area contributed by atoms with E-state index in [1.807, 2.05) is 30.3 Å². The summed E-state index contributed by atoms with van der Waals surface area (Å²) >= 11 is 0. The molecule has 0 spiro atoms. The molecule has 3 unspecified atom stereocenters. The molecular formula is C36H36FN7O7. The Morgan fingerprint density at radius 2 is 1.75 bits per heavy atom. The number of imidazole rings is 1. The molecule has 3 aromatic carbocycles. The zero-order valence-electron chi connectivity index (χ0n) is 27.6. The van der Waals surface area contributed by atoms with Crippen LogP contribution in [0.2, 0.25) is 0 Å². The molecule has 1 saturated heterocycles. The van der Waals surface area contributed by atoms with Crippen molar-refractivity contribution in [1.29, 1.82) is 0 Å². The minimum Gasteiger partial charge on any atom is -0.455 e. The predicted octanol–water partition coefficient (Wildman–Crippen LogP) is 3.80. The molecule has 14 nitrogen and oxygen atoms in total. The topological polar surface area (TPSA) is 184 Å². The number of hydrogen-bond acceptors (Lipinski definition) is 11. The van der Waals surface area contributed by atoms with Crippen molar-refractivity contribution < 1.29 is 38.1 Å². The average Bonchev–Trinajstić information content (AvgIpc) is 3.72. The molecule has 2 amide bonds. The molecule has 4 atom stereocenters. The van der Waals surface area contributed by atoms with Crippen molar-refractivity contribution in [2.24, 2.45) is 0 Å². The van der Waals surface area contributed by atoms with E-state index in [9.17, 15) is 23.9 Å².